The zero-order valence-electron chi connectivity index (χ0n) is 17.1. The van der Waals surface area contributed by atoms with Gasteiger partial charge in [0.1, 0.15) is 5.75 Å². The Morgan fingerprint density at radius 3 is 2.58 bits per heavy atom. The van der Waals surface area contributed by atoms with Gasteiger partial charge in [-0.3, -0.25) is 14.4 Å². The Morgan fingerprint density at radius 2 is 1.87 bits per heavy atom. The van der Waals surface area contributed by atoms with Crippen LogP contribution < -0.4 is 0 Å². The number of phenols is 1. The first-order chi connectivity index (χ1) is 14.9. The van der Waals surface area contributed by atoms with E-state index in [9.17, 15) is 19.5 Å². The number of nitrogens with zero attached hydrogens (tertiary/aromatic N) is 2. The first-order valence-electron chi connectivity index (χ1n) is 9.92. The lowest BCUT2D eigenvalue weighted by molar-refractivity contribution is -0.132. The standard InChI is InChI=1S/C25H22N2O4/c1-3-24(30)27-13-19(14-27)26(2)25(31)22-9-8-17(10-18(22)15-28)23-12-20(29)11-16-6-4-5-7-21(16)23/h3-12,15,19,29H,1,13-14H2,2H3. The Bertz CT molecular complexity index is 1210. The molecular formula is C25H22N2O4. The molecule has 1 N–H and O–H groups in total. The van der Waals surface area contributed by atoms with Crippen LogP contribution in [0.25, 0.3) is 21.9 Å². The first kappa shape index (κ1) is 20.3. The average Bonchev–Trinajstić information content (AvgIpc) is 2.76. The highest BCUT2D eigenvalue weighted by atomic mass is 16.3. The van der Waals surface area contributed by atoms with Gasteiger partial charge in [0.05, 0.1) is 11.6 Å². The van der Waals surface area contributed by atoms with Crippen LogP contribution in [0.3, 0.4) is 0 Å². The number of benzene rings is 3. The molecule has 0 atom stereocenters. The van der Waals surface area contributed by atoms with E-state index in [1.165, 1.54) is 6.08 Å². The molecule has 0 bridgehead atoms. The van der Waals surface area contributed by atoms with Gasteiger partial charge in [-0.15, -0.1) is 0 Å². The summed E-state index contributed by atoms with van der Waals surface area (Å²) in [5, 5.41) is 11.9. The van der Waals surface area contributed by atoms with E-state index in [1.807, 2.05) is 24.3 Å². The van der Waals surface area contributed by atoms with Gasteiger partial charge in [-0.1, -0.05) is 36.9 Å². The molecule has 6 heteroatoms. The Labute approximate surface area is 180 Å². The maximum atomic E-state index is 13.0. The molecule has 156 valence electrons. The van der Waals surface area contributed by atoms with Gasteiger partial charge in [0.25, 0.3) is 5.91 Å². The van der Waals surface area contributed by atoms with Crippen LogP contribution in [-0.2, 0) is 4.79 Å². The van der Waals surface area contributed by atoms with Crippen LogP contribution in [0.5, 0.6) is 5.75 Å². The number of carbonyl (C=O) groups excluding carboxylic acids is 3. The summed E-state index contributed by atoms with van der Waals surface area (Å²) in [5.41, 5.74) is 2.10. The summed E-state index contributed by atoms with van der Waals surface area (Å²) >= 11 is 0. The van der Waals surface area contributed by atoms with E-state index >= 15 is 0 Å². The molecular weight excluding hydrogens is 392 g/mol. The number of amides is 2. The van der Waals surface area contributed by atoms with E-state index in [2.05, 4.69) is 6.58 Å². The Morgan fingerprint density at radius 1 is 1.13 bits per heavy atom. The van der Waals surface area contributed by atoms with Gasteiger partial charge in [0.2, 0.25) is 5.91 Å². The molecule has 1 heterocycles. The third kappa shape index (κ3) is 3.68. The third-order valence-electron chi connectivity index (χ3n) is 5.78. The van der Waals surface area contributed by atoms with E-state index in [0.29, 0.717) is 24.9 Å². The Hall–Kier alpha value is -3.93. The van der Waals surface area contributed by atoms with Gasteiger partial charge < -0.3 is 14.9 Å². The van der Waals surface area contributed by atoms with Crippen molar-refractivity contribution in [2.24, 2.45) is 0 Å². The number of aldehydes is 1. The SMILES string of the molecule is C=CC(=O)N1CC(N(C)C(=O)c2ccc(-c3cc(O)cc4ccccc34)cc2C=O)C1. The van der Waals surface area contributed by atoms with E-state index in [4.69, 9.17) is 0 Å². The van der Waals surface area contributed by atoms with Crippen LogP contribution in [0.4, 0.5) is 0 Å². The summed E-state index contributed by atoms with van der Waals surface area (Å²) in [4.78, 5) is 39.6. The van der Waals surface area contributed by atoms with Crippen molar-refractivity contribution < 1.29 is 19.5 Å². The van der Waals surface area contributed by atoms with Gasteiger partial charge in [-0.25, -0.2) is 0 Å². The van der Waals surface area contributed by atoms with Gasteiger partial charge >= 0.3 is 0 Å². The Kier molecular flexibility index (Phi) is 5.29. The lowest BCUT2D eigenvalue weighted by Gasteiger charge is -2.43. The molecule has 0 spiro atoms. The fourth-order valence-electron chi connectivity index (χ4n) is 3.92. The second-order valence-corrected chi connectivity index (χ2v) is 7.65. The van der Waals surface area contributed by atoms with Crippen molar-refractivity contribution in [1.82, 2.24) is 9.80 Å². The van der Waals surface area contributed by atoms with Crippen molar-refractivity contribution in [1.29, 1.82) is 0 Å². The third-order valence-corrected chi connectivity index (χ3v) is 5.78. The molecule has 0 saturated carbocycles. The molecule has 1 fully saturated rings. The lowest BCUT2D eigenvalue weighted by atomic mass is 9.94. The van der Waals surface area contributed by atoms with Crippen LogP contribution in [-0.4, -0.2) is 59.2 Å². The summed E-state index contributed by atoms with van der Waals surface area (Å²) in [5.74, 6) is -0.302. The molecule has 3 aromatic rings. The maximum Gasteiger partial charge on any atom is 0.254 e. The normalized spacial score (nSPS) is 13.5. The number of phenolic OH excluding ortho intramolecular Hbond substituents is 1. The molecule has 1 aliphatic rings. The molecule has 4 rings (SSSR count). The van der Waals surface area contributed by atoms with Crippen molar-refractivity contribution in [3.8, 4) is 16.9 Å². The number of fused-ring (bicyclic) bond motifs is 1. The molecule has 0 radical (unpaired) electrons. The van der Waals surface area contributed by atoms with Crippen LogP contribution in [0, 0.1) is 0 Å². The van der Waals surface area contributed by atoms with Crippen LogP contribution in [0.1, 0.15) is 20.7 Å². The number of rotatable bonds is 5. The predicted octanol–water partition coefficient (Wildman–Crippen LogP) is 3.49. The highest BCUT2D eigenvalue weighted by Gasteiger charge is 2.35. The second-order valence-electron chi connectivity index (χ2n) is 7.65. The quantitative estimate of drug-likeness (QED) is 0.512. The van der Waals surface area contributed by atoms with Gasteiger partial charge in [0, 0.05) is 25.7 Å². The molecule has 1 saturated heterocycles. The van der Waals surface area contributed by atoms with Crippen LogP contribution >= 0.6 is 0 Å². The highest BCUT2D eigenvalue weighted by molar-refractivity contribution is 6.04. The monoisotopic (exact) mass is 414 g/mol. The largest absolute Gasteiger partial charge is 0.508 e. The molecule has 31 heavy (non-hydrogen) atoms. The molecule has 6 nitrogen and oxygen atoms in total. The average molecular weight is 414 g/mol. The van der Waals surface area contributed by atoms with E-state index in [-0.39, 0.29) is 29.2 Å². The fraction of sp³-hybridized carbons (Fsp3) is 0.160. The fourth-order valence-corrected chi connectivity index (χ4v) is 3.92. The number of likely N-dealkylation sites (tertiary alicyclic amines) is 1. The van der Waals surface area contributed by atoms with Crippen molar-refractivity contribution in [2.75, 3.05) is 20.1 Å². The van der Waals surface area contributed by atoms with E-state index < -0.39 is 0 Å². The topological polar surface area (TPSA) is 77.9 Å². The van der Waals surface area contributed by atoms with Crippen molar-refractivity contribution >= 4 is 28.9 Å². The smallest absolute Gasteiger partial charge is 0.254 e. The summed E-state index contributed by atoms with van der Waals surface area (Å²) in [7, 11) is 1.67. The molecule has 2 amide bonds. The first-order valence-corrected chi connectivity index (χ1v) is 9.92. The molecule has 0 aliphatic carbocycles. The summed E-state index contributed by atoms with van der Waals surface area (Å²) < 4.78 is 0. The summed E-state index contributed by atoms with van der Waals surface area (Å²) in [6.45, 7) is 4.35. The number of hydrogen-bond donors (Lipinski definition) is 1. The maximum absolute atomic E-state index is 13.0. The van der Waals surface area contributed by atoms with Crippen molar-refractivity contribution in [3.63, 3.8) is 0 Å². The van der Waals surface area contributed by atoms with E-state index in [0.717, 1.165) is 21.9 Å². The predicted molar refractivity (Wildman–Crippen MR) is 119 cm³/mol. The number of aromatic hydroxyl groups is 1. The minimum absolute atomic E-state index is 0.106. The number of likely N-dealkylation sites (N-methyl/N-ethyl adjacent to an activating group) is 1. The van der Waals surface area contributed by atoms with Crippen molar-refractivity contribution in [2.45, 2.75) is 6.04 Å². The molecule has 1 aliphatic heterocycles. The minimum Gasteiger partial charge on any atom is -0.508 e. The number of carbonyl (C=O) groups is 3. The minimum atomic E-state index is -0.273. The van der Waals surface area contributed by atoms with Gasteiger partial charge in [-0.05, 0) is 52.2 Å². The highest BCUT2D eigenvalue weighted by Crippen LogP contribution is 2.33. The summed E-state index contributed by atoms with van der Waals surface area (Å²) in [6, 6.07) is 16.0. The zero-order valence-corrected chi connectivity index (χ0v) is 17.1. The molecule has 0 aromatic heterocycles. The Balaban J connectivity index is 1.64. The van der Waals surface area contributed by atoms with Crippen molar-refractivity contribution in [3.05, 3.63) is 78.4 Å². The second kappa shape index (κ2) is 8.07. The van der Waals surface area contributed by atoms with Crippen LogP contribution in [0.2, 0.25) is 0 Å². The molecule has 0 unspecified atom stereocenters. The van der Waals surface area contributed by atoms with Gasteiger partial charge in [-0.2, -0.15) is 0 Å². The zero-order chi connectivity index (χ0) is 22.1. The van der Waals surface area contributed by atoms with E-state index in [1.54, 1.807) is 47.2 Å². The lowest BCUT2D eigenvalue weighted by Crippen LogP contribution is -2.61. The van der Waals surface area contributed by atoms with Gasteiger partial charge in [0.15, 0.2) is 6.29 Å². The number of hydrogen-bond acceptors (Lipinski definition) is 4. The summed E-state index contributed by atoms with van der Waals surface area (Å²) in [6.07, 6.45) is 1.93. The van der Waals surface area contributed by atoms with Crippen LogP contribution in [0.15, 0.2) is 67.3 Å². The molecule has 3 aromatic carbocycles.